The minimum atomic E-state index is -0.754. The van der Waals surface area contributed by atoms with Crippen molar-refractivity contribution in [2.45, 2.75) is 44.7 Å². The van der Waals surface area contributed by atoms with Crippen LogP contribution in [0.25, 0.3) is 0 Å². The lowest BCUT2D eigenvalue weighted by atomic mass is 10.00. The topological polar surface area (TPSA) is 64.3 Å². The van der Waals surface area contributed by atoms with Crippen molar-refractivity contribution in [1.29, 1.82) is 0 Å². The molecular formula is C16H23ClF2N2O2. The summed E-state index contributed by atoms with van der Waals surface area (Å²) >= 11 is 0. The number of nitrogens with one attached hydrogen (secondary N) is 1. The van der Waals surface area contributed by atoms with Crippen LogP contribution >= 0.6 is 12.4 Å². The zero-order valence-corrected chi connectivity index (χ0v) is 13.9. The van der Waals surface area contributed by atoms with Gasteiger partial charge in [-0.2, -0.15) is 0 Å². The predicted molar refractivity (Wildman–Crippen MR) is 86.6 cm³/mol. The van der Waals surface area contributed by atoms with Crippen LogP contribution < -0.4 is 15.8 Å². The van der Waals surface area contributed by atoms with E-state index < -0.39 is 11.6 Å². The quantitative estimate of drug-likeness (QED) is 0.830. The summed E-state index contributed by atoms with van der Waals surface area (Å²) < 4.78 is 31.5. The van der Waals surface area contributed by atoms with Gasteiger partial charge >= 0.3 is 0 Å². The highest BCUT2D eigenvalue weighted by Crippen LogP contribution is 2.26. The fraction of sp³-hybridized carbons (Fsp3) is 0.562. The zero-order valence-electron chi connectivity index (χ0n) is 13.1. The second-order valence-electron chi connectivity index (χ2n) is 5.91. The van der Waals surface area contributed by atoms with Gasteiger partial charge in [-0.25, -0.2) is 8.78 Å². The second-order valence-corrected chi connectivity index (χ2v) is 5.91. The molecule has 7 heteroatoms. The largest absolute Gasteiger partial charge is 0.488 e. The van der Waals surface area contributed by atoms with Crippen molar-refractivity contribution in [2.75, 3.05) is 6.61 Å². The van der Waals surface area contributed by atoms with E-state index >= 15 is 0 Å². The van der Waals surface area contributed by atoms with E-state index in [0.29, 0.717) is 6.42 Å². The monoisotopic (exact) mass is 348 g/mol. The summed E-state index contributed by atoms with van der Waals surface area (Å²) in [4.78, 5) is 11.9. The molecule has 3 atom stereocenters. The molecule has 4 nitrogen and oxygen atoms in total. The molecule has 1 aromatic rings. The highest BCUT2D eigenvalue weighted by atomic mass is 35.5. The Morgan fingerprint density at radius 3 is 2.78 bits per heavy atom. The molecular weight excluding hydrogens is 326 g/mol. The third-order valence-electron chi connectivity index (χ3n) is 3.96. The lowest BCUT2D eigenvalue weighted by Crippen LogP contribution is -2.39. The lowest BCUT2D eigenvalue weighted by molar-refractivity contribution is -0.122. The number of rotatable bonds is 6. The molecule has 23 heavy (non-hydrogen) atoms. The first-order valence-corrected chi connectivity index (χ1v) is 7.58. The molecule has 1 amide bonds. The average Bonchev–Trinajstić information content (AvgIpc) is 2.83. The molecule has 0 spiro atoms. The average molecular weight is 349 g/mol. The number of amides is 1. The Hall–Kier alpha value is -1.40. The van der Waals surface area contributed by atoms with E-state index in [9.17, 15) is 13.6 Å². The number of hydrogen-bond donors (Lipinski definition) is 2. The van der Waals surface area contributed by atoms with Crippen LogP contribution in [0.3, 0.4) is 0 Å². The highest BCUT2D eigenvalue weighted by Gasteiger charge is 2.26. The van der Waals surface area contributed by atoms with Gasteiger partial charge in [0, 0.05) is 18.5 Å². The standard InChI is InChI=1S/C16H22F2N2O2.ClH/c1-10(9-22-15-6-5-12(17)8-13(15)18)20-16(21)7-11-3-2-4-14(11)19;/h5-6,8,10-11,14H,2-4,7,9,19H2,1H3,(H,20,21);1H/t10?,11-,14+;/m0./s1. The lowest BCUT2D eigenvalue weighted by Gasteiger charge is -2.18. The van der Waals surface area contributed by atoms with E-state index in [1.54, 1.807) is 6.92 Å². The van der Waals surface area contributed by atoms with Gasteiger partial charge in [-0.1, -0.05) is 6.42 Å². The molecule has 1 aliphatic rings. The van der Waals surface area contributed by atoms with Crippen molar-refractivity contribution in [1.82, 2.24) is 5.32 Å². The zero-order chi connectivity index (χ0) is 16.1. The maximum Gasteiger partial charge on any atom is 0.220 e. The Balaban J connectivity index is 0.00000264. The Kier molecular flexibility index (Phi) is 7.72. The van der Waals surface area contributed by atoms with E-state index in [4.69, 9.17) is 10.5 Å². The van der Waals surface area contributed by atoms with E-state index in [-0.39, 0.29) is 48.7 Å². The van der Waals surface area contributed by atoms with Crippen LogP contribution in [0.2, 0.25) is 0 Å². The Morgan fingerprint density at radius 1 is 1.43 bits per heavy atom. The van der Waals surface area contributed by atoms with Crippen molar-refractivity contribution >= 4 is 18.3 Å². The molecule has 1 unspecified atom stereocenters. The summed E-state index contributed by atoms with van der Waals surface area (Å²) in [5.41, 5.74) is 5.94. The smallest absolute Gasteiger partial charge is 0.220 e. The SMILES string of the molecule is CC(COc1ccc(F)cc1F)NC(=O)C[C@@H]1CCC[C@H]1N.Cl. The molecule has 2 rings (SSSR count). The number of nitrogens with two attached hydrogens (primary N) is 1. The summed E-state index contributed by atoms with van der Waals surface area (Å²) in [7, 11) is 0. The number of halogens is 3. The fourth-order valence-corrected chi connectivity index (χ4v) is 2.74. The van der Waals surface area contributed by atoms with Crippen molar-refractivity contribution in [2.24, 2.45) is 11.7 Å². The molecule has 130 valence electrons. The Bertz CT molecular complexity index is 531. The van der Waals surface area contributed by atoms with Gasteiger partial charge in [0.05, 0.1) is 6.04 Å². The van der Waals surface area contributed by atoms with Crippen LogP contribution in [-0.2, 0) is 4.79 Å². The van der Waals surface area contributed by atoms with Crippen LogP contribution in [0.1, 0.15) is 32.6 Å². The number of benzene rings is 1. The Morgan fingerprint density at radius 2 is 2.17 bits per heavy atom. The molecule has 1 aromatic carbocycles. The van der Waals surface area contributed by atoms with Crippen LogP contribution in [0.15, 0.2) is 18.2 Å². The molecule has 0 aromatic heterocycles. The van der Waals surface area contributed by atoms with Gasteiger partial charge in [-0.3, -0.25) is 4.79 Å². The van der Waals surface area contributed by atoms with Gasteiger partial charge in [-0.15, -0.1) is 12.4 Å². The van der Waals surface area contributed by atoms with Crippen LogP contribution in [-0.4, -0.2) is 24.6 Å². The minimum absolute atomic E-state index is 0. The van der Waals surface area contributed by atoms with Gasteiger partial charge in [0.1, 0.15) is 12.4 Å². The predicted octanol–water partition coefficient (Wildman–Crippen LogP) is 2.79. The summed E-state index contributed by atoms with van der Waals surface area (Å²) in [6.07, 6.45) is 3.44. The van der Waals surface area contributed by atoms with Gasteiger partial charge in [0.25, 0.3) is 0 Å². The highest BCUT2D eigenvalue weighted by molar-refractivity contribution is 5.85. The summed E-state index contributed by atoms with van der Waals surface area (Å²) in [6.45, 7) is 1.89. The van der Waals surface area contributed by atoms with E-state index in [1.807, 2.05) is 0 Å². The molecule has 1 saturated carbocycles. The number of hydrogen-bond acceptors (Lipinski definition) is 3. The number of carbonyl (C=O) groups excluding carboxylic acids is 1. The first-order chi connectivity index (χ1) is 10.5. The van der Waals surface area contributed by atoms with Crippen LogP contribution in [0.4, 0.5) is 8.78 Å². The summed E-state index contributed by atoms with van der Waals surface area (Å²) in [5.74, 6) is -1.27. The third kappa shape index (κ3) is 5.95. The van der Waals surface area contributed by atoms with Crippen LogP contribution in [0, 0.1) is 17.6 Å². The summed E-state index contributed by atoms with van der Waals surface area (Å²) in [5, 5.41) is 2.81. The molecule has 0 heterocycles. The van der Waals surface area contributed by atoms with Crippen molar-refractivity contribution in [3.8, 4) is 5.75 Å². The first kappa shape index (κ1) is 19.6. The van der Waals surface area contributed by atoms with Gasteiger partial charge in [0.15, 0.2) is 11.6 Å². The minimum Gasteiger partial charge on any atom is -0.488 e. The molecule has 0 aliphatic heterocycles. The first-order valence-electron chi connectivity index (χ1n) is 7.58. The molecule has 3 N–H and O–H groups in total. The van der Waals surface area contributed by atoms with Crippen molar-refractivity contribution in [3.63, 3.8) is 0 Å². The summed E-state index contributed by atoms with van der Waals surface area (Å²) in [6, 6.07) is 2.96. The maximum atomic E-state index is 13.4. The van der Waals surface area contributed by atoms with Gasteiger partial charge in [-0.05, 0) is 37.8 Å². The number of ether oxygens (including phenoxy) is 1. The molecule has 1 aliphatic carbocycles. The normalized spacial score (nSPS) is 21.4. The third-order valence-corrected chi connectivity index (χ3v) is 3.96. The van der Waals surface area contributed by atoms with Crippen molar-refractivity contribution < 1.29 is 18.3 Å². The number of carbonyl (C=O) groups is 1. The molecule has 0 radical (unpaired) electrons. The van der Waals surface area contributed by atoms with Crippen molar-refractivity contribution in [3.05, 3.63) is 29.8 Å². The molecule has 1 fully saturated rings. The second kappa shape index (κ2) is 9.03. The van der Waals surface area contributed by atoms with E-state index in [2.05, 4.69) is 5.32 Å². The van der Waals surface area contributed by atoms with E-state index in [1.165, 1.54) is 6.07 Å². The maximum absolute atomic E-state index is 13.4. The fourth-order valence-electron chi connectivity index (χ4n) is 2.74. The molecule has 0 bridgehead atoms. The molecule has 0 saturated heterocycles. The van der Waals surface area contributed by atoms with Gasteiger partial charge in [0.2, 0.25) is 5.91 Å². The van der Waals surface area contributed by atoms with Crippen LogP contribution in [0.5, 0.6) is 5.75 Å². The van der Waals surface area contributed by atoms with Gasteiger partial charge < -0.3 is 15.8 Å². The van der Waals surface area contributed by atoms with E-state index in [0.717, 1.165) is 31.4 Å². The Labute approximate surface area is 141 Å².